The first-order valence-corrected chi connectivity index (χ1v) is 14.0. The number of nitrogens with zero attached hydrogens (tertiary/aromatic N) is 2. The average molecular weight is 563 g/mol. The minimum atomic E-state index is -3.93. The van der Waals surface area contributed by atoms with Gasteiger partial charge in [-0.1, -0.05) is 79.0 Å². The molecule has 0 spiro atoms. The van der Waals surface area contributed by atoms with E-state index < -0.39 is 28.5 Å². The average Bonchev–Trinajstić information content (AvgIpc) is 2.78. The van der Waals surface area contributed by atoms with Crippen molar-refractivity contribution in [1.29, 1.82) is 0 Å². The van der Waals surface area contributed by atoms with Crippen LogP contribution in [0.2, 0.25) is 15.1 Å². The van der Waals surface area contributed by atoms with Crippen molar-refractivity contribution in [3.05, 3.63) is 63.1 Å². The second kappa shape index (κ2) is 12.8. The molecule has 35 heavy (non-hydrogen) atoms. The minimum absolute atomic E-state index is 0.0242. The van der Waals surface area contributed by atoms with E-state index in [9.17, 15) is 18.0 Å². The van der Waals surface area contributed by atoms with Crippen LogP contribution in [0.5, 0.6) is 0 Å². The molecule has 0 fully saturated rings. The van der Waals surface area contributed by atoms with Gasteiger partial charge >= 0.3 is 0 Å². The van der Waals surface area contributed by atoms with Gasteiger partial charge < -0.3 is 10.2 Å². The van der Waals surface area contributed by atoms with E-state index in [-0.39, 0.29) is 39.1 Å². The molecule has 0 aliphatic rings. The Labute approximate surface area is 222 Å². The van der Waals surface area contributed by atoms with Crippen LogP contribution >= 0.6 is 34.8 Å². The number of carbonyl (C=O) groups is 2. The Morgan fingerprint density at radius 3 is 2.14 bits per heavy atom. The molecule has 192 valence electrons. The highest BCUT2D eigenvalue weighted by atomic mass is 35.5. The molecule has 2 aromatic rings. The Balaban J connectivity index is 2.36. The van der Waals surface area contributed by atoms with E-state index >= 15 is 0 Å². The Morgan fingerprint density at radius 2 is 1.57 bits per heavy atom. The van der Waals surface area contributed by atoms with E-state index in [1.807, 2.05) is 44.2 Å². The maximum atomic E-state index is 13.5. The Bertz CT molecular complexity index is 1140. The summed E-state index contributed by atoms with van der Waals surface area (Å²) >= 11 is 18.3. The maximum absolute atomic E-state index is 13.5. The van der Waals surface area contributed by atoms with Crippen LogP contribution in [0.15, 0.2) is 42.5 Å². The third-order valence-corrected chi connectivity index (χ3v) is 7.43. The zero-order valence-corrected chi connectivity index (χ0v) is 23.2. The van der Waals surface area contributed by atoms with Gasteiger partial charge in [-0.25, -0.2) is 8.42 Å². The predicted molar refractivity (Wildman–Crippen MR) is 143 cm³/mol. The molecule has 2 amide bonds. The summed E-state index contributed by atoms with van der Waals surface area (Å²) in [5.74, 6) is -0.642. The van der Waals surface area contributed by atoms with Crippen LogP contribution in [-0.2, 0) is 26.0 Å². The fraction of sp³-hybridized carbons (Fsp3) is 0.417. The summed E-state index contributed by atoms with van der Waals surface area (Å²) in [5, 5.41) is 3.10. The van der Waals surface area contributed by atoms with E-state index in [4.69, 9.17) is 34.8 Å². The Kier molecular flexibility index (Phi) is 10.7. The molecule has 0 bridgehead atoms. The number of hydrogen-bond acceptors (Lipinski definition) is 4. The van der Waals surface area contributed by atoms with Crippen molar-refractivity contribution in [3.63, 3.8) is 0 Å². The van der Waals surface area contributed by atoms with Gasteiger partial charge in [-0.05, 0) is 37.0 Å². The molecule has 7 nitrogen and oxygen atoms in total. The van der Waals surface area contributed by atoms with Crippen LogP contribution in [0.1, 0.15) is 26.3 Å². The number of amides is 2. The lowest BCUT2D eigenvalue weighted by Crippen LogP contribution is -2.52. The topological polar surface area (TPSA) is 86.8 Å². The SMILES string of the molecule is CC(C)CNC(=O)C(C)N(CCc1ccccc1)C(=O)CN(c1cc(Cl)c(Cl)cc1Cl)S(C)(=O)=O. The third-order valence-electron chi connectivity index (χ3n) is 5.27. The van der Waals surface area contributed by atoms with E-state index in [0.717, 1.165) is 16.1 Å². The molecular formula is C24H30Cl3N3O4S. The molecule has 1 N–H and O–H groups in total. The number of carbonyl (C=O) groups excluding carboxylic acids is 2. The number of anilines is 1. The molecule has 0 heterocycles. The zero-order chi connectivity index (χ0) is 26.3. The Hall–Kier alpha value is -2.00. The number of nitrogens with one attached hydrogen (secondary N) is 1. The monoisotopic (exact) mass is 561 g/mol. The van der Waals surface area contributed by atoms with Crippen molar-refractivity contribution >= 4 is 62.3 Å². The van der Waals surface area contributed by atoms with E-state index in [1.165, 1.54) is 17.0 Å². The van der Waals surface area contributed by atoms with Gasteiger partial charge in [-0.2, -0.15) is 0 Å². The molecule has 0 aromatic heterocycles. The van der Waals surface area contributed by atoms with Crippen molar-refractivity contribution in [1.82, 2.24) is 10.2 Å². The van der Waals surface area contributed by atoms with Crippen molar-refractivity contribution < 1.29 is 18.0 Å². The largest absolute Gasteiger partial charge is 0.354 e. The van der Waals surface area contributed by atoms with Crippen LogP contribution < -0.4 is 9.62 Å². The number of hydrogen-bond donors (Lipinski definition) is 1. The van der Waals surface area contributed by atoms with Gasteiger partial charge in [-0.3, -0.25) is 13.9 Å². The summed E-state index contributed by atoms with van der Waals surface area (Å²) in [6.45, 7) is 5.66. The zero-order valence-electron chi connectivity index (χ0n) is 20.1. The fourth-order valence-electron chi connectivity index (χ4n) is 3.32. The quantitative estimate of drug-likeness (QED) is 0.404. The normalized spacial score (nSPS) is 12.3. The van der Waals surface area contributed by atoms with Crippen LogP contribution in [-0.4, -0.2) is 57.1 Å². The lowest BCUT2D eigenvalue weighted by Gasteiger charge is -2.32. The van der Waals surface area contributed by atoms with Gasteiger partial charge in [0.05, 0.1) is 27.0 Å². The third kappa shape index (κ3) is 8.56. The highest BCUT2D eigenvalue weighted by Crippen LogP contribution is 2.35. The first kappa shape index (κ1) is 29.2. The maximum Gasteiger partial charge on any atom is 0.244 e. The van der Waals surface area contributed by atoms with Crippen molar-refractivity contribution in [3.8, 4) is 0 Å². The second-order valence-corrected chi connectivity index (χ2v) is 11.8. The number of benzene rings is 2. The molecular weight excluding hydrogens is 533 g/mol. The number of sulfonamides is 1. The second-order valence-electron chi connectivity index (χ2n) is 8.63. The van der Waals surface area contributed by atoms with Gasteiger partial charge in [0.25, 0.3) is 0 Å². The molecule has 1 unspecified atom stereocenters. The van der Waals surface area contributed by atoms with Gasteiger partial charge in [0, 0.05) is 13.1 Å². The lowest BCUT2D eigenvalue weighted by atomic mass is 10.1. The van der Waals surface area contributed by atoms with Crippen molar-refractivity contribution in [2.75, 3.05) is 30.2 Å². The molecule has 1 atom stereocenters. The highest BCUT2D eigenvalue weighted by Gasteiger charge is 2.31. The molecule has 0 saturated carbocycles. The molecule has 2 aromatic carbocycles. The van der Waals surface area contributed by atoms with E-state index in [2.05, 4.69) is 5.32 Å². The van der Waals surface area contributed by atoms with Crippen LogP contribution in [0.4, 0.5) is 5.69 Å². The summed E-state index contributed by atoms with van der Waals surface area (Å²) in [6.07, 6.45) is 1.45. The number of halogens is 3. The summed E-state index contributed by atoms with van der Waals surface area (Å²) in [7, 11) is -3.93. The molecule has 0 radical (unpaired) electrons. The van der Waals surface area contributed by atoms with Gasteiger partial charge in [-0.15, -0.1) is 0 Å². The summed E-state index contributed by atoms with van der Waals surface area (Å²) in [4.78, 5) is 27.7. The fourth-order valence-corrected chi connectivity index (χ4v) is 4.87. The van der Waals surface area contributed by atoms with Crippen molar-refractivity contribution in [2.24, 2.45) is 5.92 Å². The van der Waals surface area contributed by atoms with Crippen LogP contribution in [0.3, 0.4) is 0 Å². The highest BCUT2D eigenvalue weighted by molar-refractivity contribution is 7.92. The van der Waals surface area contributed by atoms with Crippen LogP contribution in [0, 0.1) is 5.92 Å². The van der Waals surface area contributed by atoms with Gasteiger partial charge in [0.2, 0.25) is 21.8 Å². The summed E-state index contributed by atoms with van der Waals surface area (Å²) in [6, 6.07) is 11.3. The van der Waals surface area contributed by atoms with Crippen LogP contribution in [0.25, 0.3) is 0 Å². The van der Waals surface area contributed by atoms with E-state index in [0.29, 0.717) is 13.0 Å². The standard InChI is InChI=1S/C24H30Cl3N3O4S/c1-16(2)14-28-24(32)17(3)29(11-10-18-8-6-5-7-9-18)23(31)15-30(35(4,33)34)22-13-20(26)19(25)12-21(22)27/h5-9,12-13,16-17H,10-11,14-15H2,1-4H3,(H,28,32). The molecule has 0 saturated heterocycles. The summed E-state index contributed by atoms with van der Waals surface area (Å²) < 4.78 is 26.1. The summed E-state index contributed by atoms with van der Waals surface area (Å²) in [5.41, 5.74) is 1.00. The van der Waals surface area contributed by atoms with Gasteiger partial charge in [0.15, 0.2) is 0 Å². The molecule has 2 rings (SSSR count). The molecule has 0 aliphatic heterocycles. The van der Waals surface area contributed by atoms with Gasteiger partial charge in [0.1, 0.15) is 12.6 Å². The first-order valence-electron chi connectivity index (χ1n) is 11.0. The number of rotatable bonds is 11. The van der Waals surface area contributed by atoms with E-state index in [1.54, 1.807) is 6.92 Å². The van der Waals surface area contributed by atoms with Crippen molar-refractivity contribution in [2.45, 2.75) is 33.2 Å². The molecule has 0 aliphatic carbocycles. The smallest absolute Gasteiger partial charge is 0.244 e. The lowest BCUT2D eigenvalue weighted by molar-refractivity contribution is -0.138. The minimum Gasteiger partial charge on any atom is -0.354 e. The predicted octanol–water partition coefficient (Wildman–Crippen LogP) is 4.64. The Morgan fingerprint density at radius 1 is 0.971 bits per heavy atom. The molecule has 11 heteroatoms. The first-order chi connectivity index (χ1) is 16.3.